The number of amides is 4. The largest absolute Gasteiger partial charge is 0.477 e. The highest BCUT2D eigenvalue weighted by Crippen LogP contribution is 2.42. The number of ether oxygens (including phenoxy) is 12. The van der Waals surface area contributed by atoms with Crippen molar-refractivity contribution in [2.24, 2.45) is 0 Å². The molecule has 0 spiro atoms. The van der Waals surface area contributed by atoms with Gasteiger partial charge in [-0.05, 0) is 44.9 Å². The average molecular weight is 1830 g/mol. The lowest BCUT2D eigenvalue weighted by atomic mass is 9.88. The van der Waals surface area contributed by atoms with E-state index in [1.807, 2.05) is 6.08 Å². The van der Waals surface area contributed by atoms with Crippen LogP contribution in [-0.2, 0) is 80.8 Å². The minimum Gasteiger partial charge on any atom is -0.477 e. The van der Waals surface area contributed by atoms with Gasteiger partial charge in [0.05, 0.1) is 70.5 Å². The van der Waals surface area contributed by atoms with Crippen LogP contribution < -0.4 is 21.3 Å². The number of carboxylic acids is 1. The summed E-state index contributed by atoms with van der Waals surface area (Å²) >= 11 is 0. The summed E-state index contributed by atoms with van der Waals surface area (Å²) in [7, 11) is 0. The van der Waals surface area contributed by atoms with Crippen LogP contribution in [-0.4, -0.2) is 375 Å². The van der Waals surface area contributed by atoms with Crippen molar-refractivity contribution in [1.82, 2.24) is 21.3 Å². The van der Waals surface area contributed by atoms with E-state index in [1.165, 1.54) is 122 Å². The number of hydrogen-bond acceptors (Lipinski definition) is 35. The number of aliphatic hydroxyl groups excluding tert-OH is 18. The maximum absolute atomic E-state index is 13.8. The molecule has 12 unspecified atom stereocenters. The van der Waals surface area contributed by atoms with E-state index in [0.29, 0.717) is 12.8 Å². The van der Waals surface area contributed by atoms with E-state index >= 15 is 0 Å². The molecule has 6 aliphatic heterocycles. The van der Waals surface area contributed by atoms with Gasteiger partial charge in [0.15, 0.2) is 31.5 Å². The van der Waals surface area contributed by atoms with Crippen LogP contribution in [0.2, 0.25) is 0 Å². The fraction of sp³-hybridized carbons (Fsp3) is 0.897. The molecule has 0 bridgehead atoms. The van der Waals surface area contributed by atoms with Crippen molar-refractivity contribution in [3.05, 3.63) is 24.3 Å². The smallest absolute Gasteiger partial charge is 0.364 e. The van der Waals surface area contributed by atoms with Gasteiger partial charge in [-0.1, -0.05) is 192 Å². The van der Waals surface area contributed by atoms with Crippen LogP contribution in [0.25, 0.3) is 0 Å². The van der Waals surface area contributed by atoms with Gasteiger partial charge in [-0.2, -0.15) is 0 Å². The highest BCUT2D eigenvalue weighted by Gasteiger charge is 2.63. The Hall–Kier alpha value is -4.37. The van der Waals surface area contributed by atoms with Crippen molar-refractivity contribution in [2.45, 2.75) is 448 Å². The van der Waals surface area contributed by atoms with E-state index in [0.717, 1.165) is 85.0 Å². The Morgan fingerprint density at radius 3 is 1.27 bits per heavy atom. The van der Waals surface area contributed by atoms with Gasteiger partial charge in [-0.3, -0.25) is 19.2 Å². The highest BCUT2D eigenvalue weighted by atomic mass is 16.8. The summed E-state index contributed by atoms with van der Waals surface area (Å²) in [6.45, 7) is 0.0975. The van der Waals surface area contributed by atoms with Crippen LogP contribution in [0.1, 0.15) is 247 Å². The number of carbonyl (C=O) groups excluding carboxylic acids is 4. The minimum atomic E-state index is -3.40. The van der Waals surface area contributed by atoms with Crippen molar-refractivity contribution < 1.29 is 178 Å². The van der Waals surface area contributed by atoms with E-state index in [1.54, 1.807) is 6.08 Å². The quantitative estimate of drug-likeness (QED) is 0.0258. The second kappa shape index (κ2) is 59.4. The zero-order chi connectivity index (χ0) is 93.3. The molecule has 0 aliphatic carbocycles. The Morgan fingerprint density at radius 1 is 0.409 bits per heavy atom. The molecule has 0 saturated carbocycles. The second-order valence-electron chi connectivity index (χ2n) is 34.6. The topological polar surface area (TPSA) is 629 Å². The van der Waals surface area contributed by atoms with E-state index < -0.39 is 278 Å². The maximum Gasteiger partial charge on any atom is 0.364 e. The molecule has 6 fully saturated rings. The minimum absolute atomic E-state index is 0.148. The monoisotopic (exact) mass is 1830 g/mol. The number of aliphatic carboxylic acids is 1. The SMILES string of the molecule is CCCCCCCC/C=C\CCCCCCCCCCCCCC(=O)N[C@@H](CO[C@@H]1OC(CO)[C@@H](O[C@@H]2OC(CO)[C@H](O)[C@H](O[C@@H]3OC(CO)[C@@H](O[C@@H]4OC(CO)[C@H](O[C@@H]5OC(CO)[C@H](O)[C@H](O)C5NC(C)=O)[C@H](O[C@]5(C(=O)O)CC(O)[C@@H](NC(C)=O)C([C@H](O)[C@H](O)CO)O5)C4O)[C@H](O)C3NC(C)=O)C2O)[C@H](O)C1O)[C@H](O)/C=C/CCCCCCCCCCCCC. The second-order valence-corrected chi connectivity index (χ2v) is 34.6. The molecule has 4 amide bonds. The molecule has 127 heavy (non-hydrogen) atoms. The number of aliphatic hydroxyl groups is 18. The zero-order valence-corrected chi connectivity index (χ0v) is 74.5. The lowest BCUT2D eigenvalue weighted by Crippen LogP contribution is -2.72. The maximum atomic E-state index is 13.8. The van der Waals surface area contributed by atoms with Crippen molar-refractivity contribution in [3.63, 3.8) is 0 Å². The zero-order valence-electron chi connectivity index (χ0n) is 74.5. The van der Waals surface area contributed by atoms with Crippen molar-refractivity contribution >= 4 is 29.6 Å². The first-order valence-corrected chi connectivity index (χ1v) is 46.2. The lowest BCUT2D eigenvalue weighted by molar-refractivity contribution is -0.401. The summed E-state index contributed by atoms with van der Waals surface area (Å²) in [6.07, 6.45) is -15.8. The number of unbranched alkanes of at least 4 members (excludes halogenated alkanes) is 28. The first-order chi connectivity index (χ1) is 60.9. The molecular formula is C87H154N4O36. The molecule has 0 radical (unpaired) electrons. The van der Waals surface area contributed by atoms with Crippen LogP contribution in [0, 0.1) is 0 Å². The Bertz CT molecular complexity index is 3120. The van der Waals surface area contributed by atoms with Gasteiger partial charge in [0.25, 0.3) is 5.79 Å². The molecule has 6 rings (SSSR count). The van der Waals surface area contributed by atoms with Crippen LogP contribution >= 0.6 is 0 Å². The van der Waals surface area contributed by atoms with Gasteiger partial charge in [-0.15, -0.1) is 0 Å². The summed E-state index contributed by atoms with van der Waals surface area (Å²) in [5.74, 6) is -8.64. The summed E-state index contributed by atoms with van der Waals surface area (Å²) in [5.41, 5.74) is 0. The summed E-state index contributed by atoms with van der Waals surface area (Å²) in [5, 5.41) is 224. The third-order valence-corrected chi connectivity index (χ3v) is 24.3. The van der Waals surface area contributed by atoms with Gasteiger partial charge < -0.3 is 175 Å². The van der Waals surface area contributed by atoms with E-state index in [4.69, 9.17) is 56.8 Å². The number of carbonyl (C=O) groups is 5. The predicted octanol–water partition coefficient (Wildman–Crippen LogP) is -0.958. The van der Waals surface area contributed by atoms with Gasteiger partial charge in [0, 0.05) is 33.6 Å². The Labute approximate surface area is 744 Å². The average Bonchev–Trinajstić information content (AvgIpc) is 0.745. The Kier molecular flexibility index (Phi) is 52.1. The van der Waals surface area contributed by atoms with Gasteiger partial charge >= 0.3 is 5.97 Å². The van der Waals surface area contributed by atoms with Gasteiger partial charge in [-0.25, -0.2) is 4.79 Å². The number of nitrogens with one attached hydrogen (secondary N) is 4. The van der Waals surface area contributed by atoms with E-state index in [-0.39, 0.29) is 12.3 Å². The molecule has 0 aromatic heterocycles. The van der Waals surface area contributed by atoms with Crippen molar-refractivity contribution in [3.8, 4) is 0 Å². The Morgan fingerprint density at radius 2 is 0.795 bits per heavy atom. The van der Waals surface area contributed by atoms with E-state index in [2.05, 4.69) is 47.3 Å². The Balaban J connectivity index is 1.15. The van der Waals surface area contributed by atoms with Crippen LogP contribution in [0.15, 0.2) is 24.3 Å². The van der Waals surface area contributed by atoms with Crippen molar-refractivity contribution in [2.75, 3.05) is 46.2 Å². The van der Waals surface area contributed by atoms with Crippen LogP contribution in [0.4, 0.5) is 0 Å². The summed E-state index contributed by atoms with van der Waals surface area (Å²) < 4.78 is 72.2. The highest BCUT2D eigenvalue weighted by molar-refractivity contribution is 5.77. The summed E-state index contributed by atoms with van der Waals surface area (Å²) in [6, 6.07) is -6.68. The normalized spacial score (nSPS) is 34.7. The van der Waals surface area contributed by atoms with Crippen LogP contribution in [0.5, 0.6) is 0 Å². The third-order valence-electron chi connectivity index (χ3n) is 24.3. The molecular weight excluding hydrogens is 1680 g/mol. The standard InChI is InChI=1S/C87H154N4O36/c1-6-8-10-12-14-16-18-20-21-22-23-24-25-26-27-29-31-33-35-37-39-41-62(104)91-53(54(101)40-38-36-34-32-30-28-19-17-15-13-11-9-7-2)49-116-83-72(111)71(110)76(60(47-96)120-83)123-84-73(112)79(68(107)58(45-94)118-84)125-82-65(90-52(5)100)70(109)75(59(46-95)119-82)122-85-74(113)80(77(61(48-97)121-85)124-81-64(89-51(4)99)69(108)67(106)57(44-93)117-81)127-87(86(114)115)42-55(102)63(88-50(3)98)78(126-87)66(105)56(103)43-92/h20-21,38,40,53-61,63-85,92-97,101-103,105-113H,6-19,22-37,39,41-49H2,1-5H3,(H,88,98)(H,89,99)(H,90,100)(H,91,104)(H,114,115)/b21-20-,40-38+/t53-,54+,55?,56+,57?,58?,59?,60?,61?,63+,64?,65?,66+,67-,68-,69+,70+,71+,72?,73?,74?,75+,76+,77-,78?,79-,80+,81-,82-,83+,84-,85-,87-/m0/s1. The number of allylic oxidation sites excluding steroid dienone is 3. The lowest BCUT2D eigenvalue weighted by Gasteiger charge is -2.52. The molecule has 0 aromatic rings. The van der Waals surface area contributed by atoms with Gasteiger partial charge in [0.1, 0.15) is 140 Å². The fourth-order valence-electron chi connectivity index (χ4n) is 17.0. The number of hydrogen-bond donors (Lipinski definition) is 23. The first-order valence-electron chi connectivity index (χ1n) is 46.2. The molecule has 6 saturated heterocycles. The molecule has 6 heterocycles. The fourth-order valence-corrected chi connectivity index (χ4v) is 17.0. The summed E-state index contributed by atoms with van der Waals surface area (Å²) in [4.78, 5) is 65.6. The van der Waals surface area contributed by atoms with Crippen LogP contribution in [0.3, 0.4) is 0 Å². The van der Waals surface area contributed by atoms with E-state index in [9.17, 15) is 121 Å². The number of carboxylic acid groups (broad SMARTS) is 1. The molecule has 738 valence electrons. The molecule has 40 heteroatoms. The predicted molar refractivity (Wildman–Crippen MR) is 450 cm³/mol. The molecule has 6 aliphatic rings. The van der Waals surface area contributed by atoms with Gasteiger partial charge in [0.2, 0.25) is 23.6 Å². The van der Waals surface area contributed by atoms with Crippen molar-refractivity contribution in [1.29, 1.82) is 0 Å². The first kappa shape index (κ1) is 111. The molecule has 40 nitrogen and oxygen atoms in total. The molecule has 33 atom stereocenters. The molecule has 0 aromatic carbocycles. The number of rotatable bonds is 61. The molecule has 23 N–H and O–H groups in total. The third kappa shape index (κ3) is 34.8.